The number of rotatable bonds is 9. The quantitative estimate of drug-likeness (QED) is 0.711. The number of benzene rings is 2. The number of hydrogen-bond acceptors (Lipinski definition) is 2. The van der Waals surface area contributed by atoms with Gasteiger partial charge in [0, 0.05) is 13.0 Å². The highest BCUT2D eigenvalue weighted by Crippen LogP contribution is 2.15. The molecule has 0 radical (unpaired) electrons. The first-order chi connectivity index (χ1) is 12.8. The van der Waals surface area contributed by atoms with Gasteiger partial charge in [0.25, 0.3) is 0 Å². The molecule has 4 nitrogen and oxygen atoms in total. The fourth-order valence-corrected chi connectivity index (χ4v) is 2.83. The zero-order valence-electron chi connectivity index (χ0n) is 15.9. The number of nitrogens with one attached hydrogen (secondary N) is 1. The van der Waals surface area contributed by atoms with Crippen LogP contribution >= 0.6 is 0 Å². The molecule has 0 fully saturated rings. The molecule has 5 heteroatoms. The van der Waals surface area contributed by atoms with Crippen LogP contribution in [0, 0.1) is 11.7 Å². The number of nitrogens with two attached hydrogens (primary N) is 1. The Morgan fingerprint density at radius 1 is 1.00 bits per heavy atom. The molecule has 2 aromatic rings. The fourth-order valence-electron chi connectivity index (χ4n) is 2.83. The van der Waals surface area contributed by atoms with Crippen molar-refractivity contribution in [3.63, 3.8) is 0 Å². The SMILES string of the molecule is CC(C)c1ccc(CCC(=O)NCC(Cc2ccc(F)cc2)C(N)=O)cc1. The van der Waals surface area contributed by atoms with E-state index < -0.39 is 11.8 Å². The summed E-state index contributed by atoms with van der Waals surface area (Å²) in [7, 11) is 0. The normalized spacial score (nSPS) is 12.0. The van der Waals surface area contributed by atoms with Gasteiger partial charge in [-0.25, -0.2) is 4.39 Å². The standard InChI is InChI=1S/C22H27FN2O2/c1-15(2)18-8-3-16(4-9-18)7-12-21(26)25-14-19(22(24)27)13-17-5-10-20(23)11-6-17/h3-6,8-11,15,19H,7,12-14H2,1-2H3,(H2,24,27)(H,25,26). The van der Waals surface area contributed by atoms with Crippen LogP contribution in [-0.4, -0.2) is 18.4 Å². The molecule has 0 saturated heterocycles. The third kappa shape index (κ3) is 6.85. The molecule has 144 valence electrons. The molecule has 0 heterocycles. The monoisotopic (exact) mass is 370 g/mol. The summed E-state index contributed by atoms with van der Waals surface area (Å²) in [5.74, 6) is -0.972. The number of carbonyl (C=O) groups excluding carboxylic acids is 2. The lowest BCUT2D eigenvalue weighted by Gasteiger charge is -2.14. The fraction of sp³-hybridized carbons (Fsp3) is 0.364. The lowest BCUT2D eigenvalue weighted by molar-refractivity contribution is -0.123. The molecule has 0 bridgehead atoms. The van der Waals surface area contributed by atoms with Gasteiger partial charge in [-0.2, -0.15) is 0 Å². The van der Waals surface area contributed by atoms with Gasteiger partial charge in [0.15, 0.2) is 0 Å². The number of halogens is 1. The van der Waals surface area contributed by atoms with Crippen LogP contribution in [0.25, 0.3) is 0 Å². The van der Waals surface area contributed by atoms with Crippen molar-refractivity contribution in [3.8, 4) is 0 Å². The van der Waals surface area contributed by atoms with Crippen molar-refractivity contribution in [3.05, 3.63) is 71.0 Å². The van der Waals surface area contributed by atoms with E-state index >= 15 is 0 Å². The van der Waals surface area contributed by atoms with Gasteiger partial charge in [-0.05, 0) is 47.6 Å². The van der Waals surface area contributed by atoms with Crippen LogP contribution in [0.4, 0.5) is 4.39 Å². The summed E-state index contributed by atoms with van der Waals surface area (Å²) in [5.41, 5.74) is 8.62. The second-order valence-corrected chi connectivity index (χ2v) is 7.13. The van der Waals surface area contributed by atoms with Crippen molar-refractivity contribution in [2.24, 2.45) is 11.7 Å². The van der Waals surface area contributed by atoms with Crippen molar-refractivity contribution >= 4 is 11.8 Å². The maximum absolute atomic E-state index is 13.0. The maximum atomic E-state index is 13.0. The summed E-state index contributed by atoms with van der Waals surface area (Å²) in [6, 6.07) is 14.2. The van der Waals surface area contributed by atoms with Gasteiger partial charge >= 0.3 is 0 Å². The third-order valence-electron chi connectivity index (χ3n) is 4.63. The Morgan fingerprint density at radius 3 is 2.15 bits per heavy atom. The van der Waals surface area contributed by atoms with Crippen LogP contribution in [0.1, 0.15) is 42.9 Å². The van der Waals surface area contributed by atoms with Crippen LogP contribution < -0.4 is 11.1 Å². The van der Waals surface area contributed by atoms with Crippen LogP contribution in [0.3, 0.4) is 0 Å². The van der Waals surface area contributed by atoms with Crippen molar-refractivity contribution in [2.45, 2.75) is 39.0 Å². The average molecular weight is 370 g/mol. The Labute approximate surface area is 160 Å². The number of hydrogen-bond donors (Lipinski definition) is 2. The highest BCUT2D eigenvalue weighted by Gasteiger charge is 2.17. The van der Waals surface area contributed by atoms with Gasteiger partial charge in [-0.15, -0.1) is 0 Å². The van der Waals surface area contributed by atoms with Gasteiger partial charge in [0.1, 0.15) is 5.82 Å². The van der Waals surface area contributed by atoms with Gasteiger partial charge < -0.3 is 11.1 Å². The Hall–Kier alpha value is -2.69. The minimum absolute atomic E-state index is 0.117. The smallest absolute Gasteiger partial charge is 0.222 e. The topological polar surface area (TPSA) is 72.2 Å². The molecule has 0 aliphatic carbocycles. The van der Waals surface area contributed by atoms with Crippen LogP contribution in [0.15, 0.2) is 48.5 Å². The number of carbonyl (C=O) groups is 2. The molecule has 0 aliphatic rings. The first-order valence-electron chi connectivity index (χ1n) is 9.24. The zero-order chi connectivity index (χ0) is 19.8. The van der Waals surface area contributed by atoms with E-state index in [1.54, 1.807) is 12.1 Å². The average Bonchev–Trinajstić information content (AvgIpc) is 2.65. The van der Waals surface area contributed by atoms with Gasteiger partial charge in [-0.3, -0.25) is 9.59 Å². The Balaban J connectivity index is 1.81. The molecule has 2 rings (SSSR count). The number of primary amides is 1. The van der Waals surface area contributed by atoms with E-state index in [9.17, 15) is 14.0 Å². The Kier molecular flexibility index (Phi) is 7.53. The van der Waals surface area contributed by atoms with Crippen LogP contribution in [0.5, 0.6) is 0 Å². The van der Waals surface area contributed by atoms with Crippen molar-refractivity contribution in [2.75, 3.05) is 6.54 Å². The van der Waals surface area contributed by atoms with Crippen LogP contribution in [0.2, 0.25) is 0 Å². The molecule has 0 aromatic heterocycles. The first kappa shape index (κ1) is 20.6. The molecule has 1 atom stereocenters. The number of aryl methyl sites for hydroxylation is 1. The lowest BCUT2D eigenvalue weighted by atomic mass is 9.98. The summed E-state index contributed by atoms with van der Waals surface area (Å²) >= 11 is 0. The van der Waals surface area contributed by atoms with Gasteiger partial charge in [0.2, 0.25) is 11.8 Å². The molecule has 2 amide bonds. The maximum Gasteiger partial charge on any atom is 0.222 e. The molecule has 3 N–H and O–H groups in total. The number of amides is 2. The summed E-state index contributed by atoms with van der Waals surface area (Å²) in [5, 5.41) is 2.78. The first-order valence-corrected chi connectivity index (χ1v) is 9.24. The lowest BCUT2D eigenvalue weighted by Crippen LogP contribution is -2.37. The minimum atomic E-state index is -0.523. The molecule has 0 spiro atoms. The summed E-state index contributed by atoms with van der Waals surface area (Å²) in [4.78, 5) is 23.7. The van der Waals surface area contributed by atoms with E-state index in [-0.39, 0.29) is 18.3 Å². The van der Waals surface area contributed by atoms with E-state index in [2.05, 4.69) is 31.3 Å². The van der Waals surface area contributed by atoms with Crippen molar-refractivity contribution in [1.82, 2.24) is 5.32 Å². The van der Waals surface area contributed by atoms with Gasteiger partial charge in [-0.1, -0.05) is 50.2 Å². The second-order valence-electron chi connectivity index (χ2n) is 7.13. The summed E-state index contributed by atoms with van der Waals surface area (Å²) in [6.07, 6.45) is 1.36. The van der Waals surface area contributed by atoms with Gasteiger partial charge in [0.05, 0.1) is 5.92 Å². The molecule has 2 aromatic carbocycles. The highest BCUT2D eigenvalue weighted by atomic mass is 19.1. The predicted octanol–water partition coefficient (Wildman–Crippen LogP) is 3.34. The zero-order valence-corrected chi connectivity index (χ0v) is 15.9. The predicted molar refractivity (Wildman–Crippen MR) is 105 cm³/mol. The summed E-state index contributed by atoms with van der Waals surface area (Å²) in [6.45, 7) is 4.46. The van der Waals surface area contributed by atoms with Crippen molar-refractivity contribution < 1.29 is 14.0 Å². The molecule has 0 aliphatic heterocycles. The van der Waals surface area contributed by atoms with Crippen molar-refractivity contribution in [1.29, 1.82) is 0 Å². The Bertz CT molecular complexity index is 755. The largest absolute Gasteiger partial charge is 0.369 e. The molecule has 0 saturated carbocycles. The molecular formula is C22H27FN2O2. The van der Waals surface area contributed by atoms with E-state index in [1.165, 1.54) is 17.7 Å². The summed E-state index contributed by atoms with van der Waals surface area (Å²) < 4.78 is 13.0. The molecule has 1 unspecified atom stereocenters. The minimum Gasteiger partial charge on any atom is -0.369 e. The second kappa shape index (κ2) is 9.86. The highest BCUT2D eigenvalue weighted by molar-refractivity contribution is 5.80. The van der Waals surface area contributed by atoms with Crippen LogP contribution in [-0.2, 0) is 22.4 Å². The third-order valence-corrected chi connectivity index (χ3v) is 4.63. The van der Waals surface area contributed by atoms with E-state index in [0.29, 0.717) is 25.2 Å². The van der Waals surface area contributed by atoms with E-state index in [0.717, 1.165) is 11.1 Å². The molecular weight excluding hydrogens is 343 g/mol. The van der Waals surface area contributed by atoms with E-state index in [4.69, 9.17) is 5.73 Å². The molecule has 27 heavy (non-hydrogen) atoms. The van der Waals surface area contributed by atoms with E-state index in [1.807, 2.05) is 12.1 Å². The Morgan fingerprint density at radius 2 is 1.59 bits per heavy atom.